The van der Waals surface area contributed by atoms with Crippen LogP contribution in [0, 0.1) is 0 Å². The molecule has 1 aliphatic rings. The Labute approximate surface area is 85.7 Å². The van der Waals surface area contributed by atoms with Crippen LogP contribution in [0.5, 0.6) is 0 Å². The zero-order valence-electron chi connectivity index (χ0n) is 8.74. The maximum Gasteiger partial charge on any atom is 0.0399 e. The van der Waals surface area contributed by atoms with Gasteiger partial charge in [0.1, 0.15) is 0 Å². The Morgan fingerprint density at radius 2 is 2.07 bits per heavy atom. The van der Waals surface area contributed by atoms with Crippen molar-refractivity contribution in [1.82, 2.24) is 0 Å². The molecule has 1 saturated carbocycles. The van der Waals surface area contributed by atoms with Gasteiger partial charge < -0.3 is 10.6 Å². The number of anilines is 1. The Morgan fingerprint density at radius 3 is 2.71 bits per heavy atom. The highest BCUT2D eigenvalue weighted by atomic mass is 15.2. The third-order valence-electron chi connectivity index (χ3n) is 2.88. The molecule has 1 fully saturated rings. The van der Waals surface area contributed by atoms with Crippen molar-refractivity contribution >= 4 is 5.69 Å². The Balaban J connectivity index is 2.20. The molecule has 0 spiro atoms. The third-order valence-corrected chi connectivity index (χ3v) is 2.88. The van der Waals surface area contributed by atoms with E-state index in [9.17, 15) is 0 Å². The maximum absolute atomic E-state index is 5.60. The average Bonchev–Trinajstić information content (AvgIpc) is 3.01. The molecule has 1 aliphatic carbocycles. The number of hydrogen-bond donors (Lipinski definition) is 1. The molecule has 2 N–H and O–H groups in total. The topological polar surface area (TPSA) is 29.3 Å². The second-order valence-electron chi connectivity index (χ2n) is 4.01. The van der Waals surface area contributed by atoms with Gasteiger partial charge in [-0.1, -0.05) is 18.2 Å². The molecule has 0 heterocycles. The van der Waals surface area contributed by atoms with Gasteiger partial charge in [-0.15, -0.1) is 0 Å². The van der Waals surface area contributed by atoms with Crippen molar-refractivity contribution in [3.8, 4) is 0 Å². The van der Waals surface area contributed by atoms with Crippen molar-refractivity contribution in [2.45, 2.75) is 25.3 Å². The van der Waals surface area contributed by atoms with Crippen LogP contribution in [-0.4, -0.2) is 19.6 Å². The molecule has 0 aromatic heterocycles. The largest absolute Gasteiger partial charge is 0.371 e. The second-order valence-corrected chi connectivity index (χ2v) is 4.01. The summed E-state index contributed by atoms with van der Waals surface area (Å²) in [5.74, 6) is 0. The Kier molecular flexibility index (Phi) is 2.73. The quantitative estimate of drug-likeness (QED) is 0.784. The lowest BCUT2D eigenvalue weighted by molar-refractivity contribution is 0.888. The normalized spacial score (nSPS) is 15.6. The van der Waals surface area contributed by atoms with E-state index in [1.54, 1.807) is 0 Å². The summed E-state index contributed by atoms with van der Waals surface area (Å²) in [6, 6.07) is 9.35. The molecule has 14 heavy (non-hydrogen) atoms. The van der Waals surface area contributed by atoms with E-state index in [1.165, 1.54) is 24.1 Å². The number of nitrogens with two attached hydrogens (primary N) is 1. The van der Waals surface area contributed by atoms with Crippen LogP contribution in [0.4, 0.5) is 5.69 Å². The lowest BCUT2D eigenvalue weighted by Crippen LogP contribution is -2.21. The van der Waals surface area contributed by atoms with Crippen LogP contribution < -0.4 is 10.6 Å². The molecule has 76 valence electrons. The van der Waals surface area contributed by atoms with Crippen molar-refractivity contribution in [2.24, 2.45) is 5.73 Å². The average molecular weight is 190 g/mol. The van der Waals surface area contributed by atoms with Crippen molar-refractivity contribution in [1.29, 1.82) is 0 Å². The lowest BCUT2D eigenvalue weighted by Gasteiger charge is -2.21. The molecule has 0 amide bonds. The summed E-state index contributed by atoms with van der Waals surface area (Å²) in [6.45, 7) is 0.732. The summed E-state index contributed by atoms with van der Waals surface area (Å²) in [5, 5.41) is 0. The van der Waals surface area contributed by atoms with Crippen LogP contribution in [0.15, 0.2) is 24.3 Å². The molecule has 2 rings (SSSR count). The highest BCUT2D eigenvalue weighted by molar-refractivity contribution is 5.54. The summed E-state index contributed by atoms with van der Waals surface area (Å²) in [6.07, 6.45) is 3.66. The SMILES string of the molecule is CN(c1ccccc1CCN)C1CC1. The molecular formula is C12H18N2. The van der Waals surface area contributed by atoms with Crippen LogP contribution in [0.3, 0.4) is 0 Å². The number of nitrogens with zero attached hydrogens (tertiary/aromatic N) is 1. The molecule has 1 aromatic carbocycles. The smallest absolute Gasteiger partial charge is 0.0399 e. The predicted octanol–water partition coefficient (Wildman–Crippen LogP) is 1.79. The minimum Gasteiger partial charge on any atom is -0.371 e. The fraction of sp³-hybridized carbons (Fsp3) is 0.500. The Hall–Kier alpha value is -1.02. The summed E-state index contributed by atoms with van der Waals surface area (Å²) in [5.41, 5.74) is 8.34. The highest BCUT2D eigenvalue weighted by Crippen LogP contribution is 2.32. The lowest BCUT2D eigenvalue weighted by atomic mass is 10.1. The summed E-state index contributed by atoms with van der Waals surface area (Å²) in [4.78, 5) is 2.39. The van der Waals surface area contributed by atoms with E-state index in [-0.39, 0.29) is 0 Å². The maximum atomic E-state index is 5.60. The van der Waals surface area contributed by atoms with Gasteiger partial charge in [0, 0.05) is 18.8 Å². The van der Waals surface area contributed by atoms with E-state index >= 15 is 0 Å². The van der Waals surface area contributed by atoms with Gasteiger partial charge in [0.15, 0.2) is 0 Å². The van der Waals surface area contributed by atoms with E-state index in [0.717, 1.165) is 19.0 Å². The fourth-order valence-electron chi connectivity index (χ4n) is 1.88. The predicted molar refractivity (Wildman–Crippen MR) is 60.6 cm³/mol. The highest BCUT2D eigenvalue weighted by Gasteiger charge is 2.27. The molecule has 0 atom stereocenters. The Morgan fingerprint density at radius 1 is 1.36 bits per heavy atom. The number of para-hydroxylation sites is 1. The summed E-state index contributed by atoms with van der Waals surface area (Å²) >= 11 is 0. The van der Waals surface area contributed by atoms with Crippen LogP contribution in [-0.2, 0) is 6.42 Å². The van der Waals surface area contributed by atoms with Gasteiger partial charge in [0.2, 0.25) is 0 Å². The van der Waals surface area contributed by atoms with Crippen molar-refractivity contribution in [3.63, 3.8) is 0 Å². The molecule has 0 aliphatic heterocycles. The minimum absolute atomic E-state index is 0.732. The van der Waals surface area contributed by atoms with Crippen LogP contribution in [0.2, 0.25) is 0 Å². The molecule has 0 unspecified atom stereocenters. The van der Waals surface area contributed by atoms with E-state index in [2.05, 4.69) is 36.2 Å². The number of rotatable bonds is 4. The van der Waals surface area contributed by atoms with Gasteiger partial charge in [-0.05, 0) is 37.4 Å². The first kappa shape index (κ1) is 9.53. The first-order valence-corrected chi connectivity index (χ1v) is 5.33. The fourth-order valence-corrected chi connectivity index (χ4v) is 1.88. The van der Waals surface area contributed by atoms with Gasteiger partial charge in [0.05, 0.1) is 0 Å². The van der Waals surface area contributed by atoms with Crippen molar-refractivity contribution in [3.05, 3.63) is 29.8 Å². The summed E-state index contributed by atoms with van der Waals surface area (Å²) in [7, 11) is 2.19. The summed E-state index contributed by atoms with van der Waals surface area (Å²) < 4.78 is 0. The standard InChI is InChI=1S/C12H18N2/c1-14(11-6-7-11)12-5-3-2-4-10(12)8-9-13/h2-5,11H,6-9,13H2,1H3. The van der Waals surface area contributed by atoms with Gasteiger partial charge in [-0.3, -0.25) is 0 Å². The Bertz CT molecular complexity index is 305. The molecule has 2 heteroatoms. The first-order valence-electron chi connectivity index (χ1n) is 5.33. The van der Waals surface area contributed by atoms with Crippen molar-refractivity contribution in [2.75, 3.05) is 18.5 Å². The first-order chi connectivity index (χ1) is 6.83. The van der Waals surface area contributed by atoms with Gasteiger partial charge in [0.25, 0.3) is 0 Å². The molecule has 0 saturated heterocycles. The zero-order chi connectivity index (χ0) is 9.97. The van der Waals surface area contributed by atoms with Crippen LogP contribution >= 0.6 is 0 Å². The van der Waals surface area contributed by atoms with Gasteiger partial charge in [-0.25, -0.2) is 0 Å². The van der Waals surface area contributed by atoms with Gasteiger partial charge in [-0.2, -0.15) is 0 Å². The zero-order valence-corrected chi connectivity index (χ0v) is 8.74. The van der Waals surface area contributed by atoms with E-state index in [1.807, 2.05) is 0 Å². The minimum atomic E-state index is 0.732. The second kappa shape index (κ2) is 4.01. The molecular weight excluding hydrogens is 172 g/mol. The van der Waals surface area contributed by atoms with Crippen molar-refractivity contribution < 1.29 is 0 Å². The number of hydrogen-bond acceptors (Lipinski definition) is 2. The molecule has 0 radical (unpaired) electrons. The van der Waals surface area contributed by atoms with E-state index in [0.29, 0.717) is 0 Å². The molecule has 0 bridgehead atoms. The van der Waals surface area contributed by atoms with E-state index < -0.39 is 0 Å². The molecule has 1 aromatic rings. The van der Waals surface area contributed by atoms with E-state index in [4.69, 9.17) is 5.73 Å². The number of benzene rings is 1. The monoisotopic (exact) mass is 190 g/mol. The van der Waals surface area contributed by atoms with Gasteiger partial charge >= 0.3 is 0 Å². The van der Waals surface area contributed by atoms with Crippen LogP contribution in [0.25, 0.3) is 0 Å². The molecule has 2 nitrogen and oxygen atoms in total. The van der Waals surface area contributed by atoms with Crippen LogP contribution in [0.1, 0.15) is 18.4 Å². The third kappa shape index (κ3) is 1.90.